The summed E-state index contributed by atoms with van der Waals surface area (Å²) in [6.45, 7) is 0. The summed E-state index contributed by atoms with van der Waals surface area (Å²) in [4.78, 5) is 11.0. The summed E-state index contributed by atoms with van der Waals surface area (Å²) in [6, 6.07) is 9.33. The van der Waals surface area contributed by atoms with Gasteiger partial charge in [-0.25, -0.2) is 0 Å². The molecule has 2 unspecified atom stereocenters. The first-order valence-corrected chi connectivity index (χ1v) is 6.52. The Kier molecular flexibility index (Phi) is 3.07. The highest BCUT2D eigenvalue weighted by molar-refractivity contribution is 5.62. The van der Waals surface area contributed by atoms with Crippen LogP contribution in [0.3, 0.4) is 0 Å². The monoisotopic (exact) mass is 257 g/mol. The summed E-state index contributed by atoms with van der Waals surface area (Å²) in [6.07, 6.45) is 6.55. The lowest BCUT2D eigenvalue weighted by molar-refractivity contribution is -0.431. The van der Waals surface area contributed by atoms with Crippen molar-refractivity contribution in [2.75, 3.05) is 0 Å². The SMILES string of the molecule is O=[N+]([O-])C1=C(c2ccccc2)OC2C=CCCC2C1. The first-order chi connectivity index (χ1) is 9.25. The van der Waals surface area contributed by atoms with Gasteiger partial charge >= 0.3 is 0 Å². The standard InChI is InChI=1S/C15H15NO3/c17-16(18)13-10-12-8-4-5-9-14(12)19-15(13)11-6-2-1-3-7-11/h1-3,5-7,9,12,14H,4,8,10H2. The van der Waals surface area contributed by atoms with Gasteiger partial charge in [0.05, 0.1) is 4.92 Å². The van der Waals surface area contributed by atoms with Crippen LogP contribution in [0.25, 0.3) is 5.76 Å². The highest BCUT2D eigenvalue weighted by Gasteiger charge is 2.37. The van der Waals surface area contributed by atoms with Gasteiger partial charge in [0.2, 0.25) is 0 Å². The molecule has 3 rings (SSSR count). The highest BCUT2D eigenvalue weighted by atomic mass is 16.6. The van der Waals surface area contributed by atoms with E-state index in [4.69, 9.17) is 4.74 Å². The first-order valence-electron chi connectivity index (χ1n) is 6.52. The fourth-order valence-corrected chi connectivity index (χ4v) is 2.74. The second-order valence-corrected chi connectivity index (χ2v) is 4.95. The van der Waals surface area contributed by atoms with E-state index < -0.39 is 0 Å². The van der Waals surface area contributed by atoms with Gasteiger partial charge in [0.1, 0.15) is 6.10 Å². The smallest absolute Gasteiger partial charge is 0.288 e. The third kappa shape index (κ3) is 2.26. The summed E-state index contributed by atoms with van der Waals surface area (Å²) in [5, 5.41) is 11.3. The molecule has 2 aliphatic rings. The Hall–Kier alpha value is -2.10. The molecule has 0 spiro atoms. The maximum atomic E-state index is 11.3. The van der Waals surface area contributed by atoms with Crippen molar-refractivity contribution in [3.63, 3.8) is 0 Å². The third-order valence-electron chi connectivity index (χ3n) is 3.72. The molecule has 98 valence electrons. The van der Waals surface area contributed by atoms with Crippen LogP contribution in [0.1, 0.15) is 24.8 Å². The zero-order valence-corrected chi connectivity index (χ0v) is 10.5. The number of hydrogen-bond donors (Lipinski definition) is 0. The Balaban J connectivity index is 2.02. The number of hydrogen-bond acceptors (Lipinski definition) is 3. The fourth-order valence-electron chi connectivity index (χ4n) is 2.74. The number of rotatable bonds is 2. The molecular formula is C15H15NO3. The summed E-state index contributed by atoms with van der Waals surface area (Å²) in [5.74, 6) is 0.663. The average Bonchev–Trinajstić information content (AvgIpc) is 2.46. The second kappa shape index (κ2) is 4.88. The van der Waals surface area contributed by atoms with E-state index in [-0.39, 0.29) is 22.6 Å². The summed E-state index contributed by atoms with van der Waals surface area (Å²) >= 11 is 0. The minimum atomic E-state index is -0.295. The van der Waals surface area contributed by atoms with E-state index in [0.717, 1.165) is 18.4 Å². The van der Waals surface area contributed by atoms with Crippen molar-refractivity contribution in [3.05, 3.63) is 63.9 Å². The van der Waals surface area contributed by atoms with E-state index in [2.05, 4.69) is 6.08 Å². The minimum absolute atomic E-state index is 0.0207. The van der Waals surface area contributed by atoms with Crippen LogP contribution in [0.4, 0.5) is 0 Å². The minimum Gasteiger partial charge on any atom is -0.479 e. The summed E-state index contributed by atoms with van der Waals surface area (Å²) in [5.41, 5.74) is 0.995. The predicted molar refractivity (Wildman–Crippen MR) is 71.7 cm³/mol. The van der Waals surface area contributed by atoms with E-state index in [0.29, 0.717) is 12.2 Å². The number of nitrogens with zero attached hydrogens (tertiary/aromatic N) is 1. The molecule has 4 nitrogen and oxygen atoms in total. The lowest BCUT2D eigenvalue weighted by Crippen LogP contribution is -2.30. The van der Waals surface area contributed by atoms with E-state index in [1.807, 2.05) is 36.4 Å². The maximum Gasteiger partial charge on any atom is 0.288 e. The number of ether oxygens (including phenoxy) is 1. The zero-order chi connectivity index (χ0) is 13.2. The molecule has 0 saturated heterocycles. The molecular weight excluding hydrogens is 242 g/mol. The van der Waals surface area contributed by atoms with Crippen LogP contribution in [-0.4, -0.2) is 11.0 Å². The molecule has 1 aliphatic carbocycles. The molecule has 0 fully saturated rings. The Morgan fingerprint density at radius 3 is 2.79 bits per heavy atom. The van der Waals surface area contributed by atoms with Gasteiger partial charge in [0, 0.05) is 17.9 Å². The van der Waals surface area contributed by atoms with Crippen LogP contribution in [-0.2, 0) is 4.74 Å². The highest BCUT2D eigenvalue weighted by Crippen LogP contribution is 2.38. The fraction of sp³-hybridized carbons (Fsp3) is 0.333. The molecule has 19 heavy (non-hydrogen) atoms. The molecule has 1 aromatic rings. The topological polar surface area (TPSA) is 52.4 Å². The Morgan fingerprint density at radius 1 is 1.26 bits per heavy atom. The molecule has 1 aliphatic heterocycles. The molecule has 4 heteroatoms. The van der Waals surface area contributed by atoms with Gasteiger partial charge in [0.15, 0.2) is 5.76 Å². The van der Waals surface area contributed by atoms with Crippen molar-refractivity contribution in [2.45, 2.75) is 25.4 Å². The third-order valence-corrected chi connectivity index (χ3v) is 3.72. The average molecular weight is 257 g/mol. The summed E-state index contributed by atoms with van der Waals surface area (Å²) < 4.78 is 5.90. The Labute approximate surface area is 111 Å². The zero-order valence-electron chi connectivity index (χ0n) is 10.5. The Morgan fingerprint density at radius 2 is 2.05 bits per heavy atom. The molecule has 0 N–H and O–H groups in total. The van der Waals surface area contributed by atoms with Gasteiger partial charge in [-0.1, -0.05) is 36.4 Å². The molecule has 1 heterocycles. The molecule has 0 aromatic heterocycles. The van der Waals surface area contributed by atoms with E-state index in [1.165, 1.54) is 0 Å². The molecule has 0 saturated carbocycles. The van der Waals surface area contributed by atoms with Gasteiger partial charge in [-0.2, -0.15) is 0 Å². The van der Waals surface area contributed by atoms with E-state index >= 15 is 0 Å². The normalized spacial score (nSPS) is 25.7. The molecule has 0 radical (unpaired) electrons. The van der Waals surface area contributed by atoms with Gasteiger partial charge in [0.25, 0.3) is 5.70 Å². The van der Waals surface area contributed by atoms with Crippen LogP contribution in [0, 0.1) is 16.0 Å². The first kappa shape index (κ1) is 12.0. The summed E-state index contributed by atoms with van der Waals surface area (Å²) in [7, 11) is 0. The van der Waals surface area contributed by atoms with Crippen LogP contribution < -0.4 is 0 Å². The van der Waals surface area contributed by atoms with Crippen molar-refractivity contribution in [2.24, 2.45) is 5.92 Å². The van der Waals surface area contributed by atoms with Gasteiger partial charge in [-0.05, 0) is 18.9 Å². The van der Waals surface area contributed by atoms with Gasteiger partial charge in [-0.3, -0.25) is 10.1 Å². The number of fused-ring (bicyclic) bond motifs is 1. The number of nitro groups is 1. The van der Waals surface area contributed by atoms with Crippen LogP contribution >= 0.6 is 0 Å². The van der Waals surface area contributed by atoms with Crippen molar-refractivity contribution < 1.29 is 9.66 Å². The number of allylic oxidation sites excluding steroid dienone is 2. The quantitative estimate of drug-likeness (QED) is 0.463. The van der Waals surface area contributed by atoms with Crippen LogP contribution in [0.5, 0.6) is 0 Å². The van der Waals surface area contributed by atoms with Gasteiger partial charge in [-0.15, -0.1) is 0 Å². The molecule has 1 aromatic carbocycles. The lowest BCUT2D eigenvalue weighted by atomic mass is 9.85. The Bertz CT molecular complexity index is 548. The van der Waals surface area contributed by atoms with Gasteiger partial charge < -0.3 is 4.74 Å². The van der Waals surface area contributed by atoms with Crippen molar-refractivity contribution in [3.8, 4) is 0 Å². The second-order valence-electron chi connectivity index (χ2n) is 4.95. The molecule has 0 bridgehead atoms. The van der Waals surface area contributed by atoms with Crippen molar-refractivity contribution in [1.29, 1.82) is 0 Å². The van der Waals surface area contributed by atoms with Crippen LogP contribution in [0.2, 0.25) is 0 Å². The van der Waals surface area contributed by atoms with Crippen LogP contribution in [0.15, 0.2) is 48.2 Å². The largest absolute Gasteiger partial charge is 0.479 e. The predicted octanol–water partition coefficient (Wildman–Crippen LogP) is 3.39. The lowest BCUT2D eigenvalue weighted by Gasteiger charge is -2.32. The van der Waals surface area contributed by atoms with E-state index in [1.54, 1.807) is 0 Å². The van der Waals surface area contributed by atoms with Crippen molar-refractivity contribution in [1.82, 2.24) is 0 Å². The maximum absolute atomic E-state index is 11.3. The number of benzene rings is 1. The van der Waals surface area contributed by atoms with Crippen molar-refractivity contribution >= 4 is 5.76 Å². The molecule has 2 atom stereocenters. The molecule has 0 amide bonds. The van der Waals surface area contributed by atoms with E-state index in [9.17, 15) is 10.1 Å².